The van der Waals surface area contributed by atoms with E-state index in [-0.39, 0.29) is 0 Å². The Hall–Kier alpha value is -1.07. The molecule has 1 atom stereocenters. The Labute approximate surface area is 98.7 Å². The summed E-state index contributed by atoms with van der Waals surface area (Å²) in [6.45, 7) is 0.0908. The highest BCUT2D eigenvalue weighted by atomic mass is 19.4. The van der Waals surface area contributed by atoms with Crippen LogP contribution in [0.1, 0.15) is 5.56 Å². The summed E-state index contributed by atoms with van der Waals surface area (Å²) in [7, 11) is 1.57. The van der Waals surface area contributed by atoms with Crippen LogP contribution in [0, 0.1) is 0 Å². The summed E-state index contributed by atoms with van der Waals surface area (Å²) >= 11 is 0. The number of hydrogen-bond acceptors (Lipinski definition) is 2. The third-order valence-electron chi connectivity index (χ3n) is 2.49. The first-order valence-corrected chi connectivity index (χ1v) is 5.37. The molecule has 17 heavy (non-hydrogen) atoms. The lowest BCUT2D eigenvalue weighted by atomic mass is 10.1. The molecule has 0 radical (unpaired) electrons. The van der Waals surface area contributed by atoms with E-state index in [1.807, 2.05) is 30.3 Å². The van der Waals surface area contributed by atoms with Gasteiger partial charge in [-0.2, -0.15) is 13.2 Å². The first-order chi connectivity index (χ1) is 7.89. The fourth-order valence-electron chi connectivity index (χ4n) is 1.45. The smallest absolute Gasteiger partial charge is 0.382 e. The molecule has 0 heterocycles. The van der Waals surface area contributed by atoms with Gasteiger partial charge in [0.2, 0.25) is 0 Å². The maximum atomic E-state index is 12.1. The zero-order valence-corrected chi connectivity index (χ0v) is 9.61. The largest absolute Gasteiger partial charge is 0.415 e. The zero-order valence-electron chi connectivity index (χ0n) is 9.61. The van der Waals surface area contributed by atoms with Crippen molar-refractivity contribution in [2.24, 2.45) is 0 Å². The summed E-state index contributed by atoms with van der Waals surface area (Å²) in [5.74, 6) is 0. The molecule has 5 heteroatoms. The Morgan fingerprint density at radius 2 is 1.82 bits per heavy atom. The Bertz CT molecular complexity index is 326. The van der Waals surface area contributed by atoms with Crippen LogP contribution in [0.15, 0.2) is 30.3 Å². The van der Waals surface area contributed by atoms with Crippen LogP contribution in [0.4, 0.5) is 13.2 Å². The van der Waals surface area contributed by atoms with Gasteiger partial charge in [-0.15, -0.1) is 0 Å². The number of hydrogen-bond donors (Lipinski definition) is 1. The Kier molecular flexibility index (Phi) is 4.96. The topological polar surface area (TPSA) is 23.5 Å². The third kappa shape index (κ3) is 5.19. The molecule has 0 aliphatic rings. The molecule has 96 valence electrons. The van der Waals surface area contributed by atoms with Crippen molar-refractivity contribution in [3.63, 3.8) is 0 Å². The maximum Gasteiger partial charge on any atom is 0.415 e. The van der Waals surface area contributed by atoms with Crippen molar-refractivity contribution in [2.75, 3.05) is 20.1 Å². The first kappa shape index (κ1) is 14.0. The third-order valence-corrected chi connectivity index (χ3v) is 2.49. The summed E-state index contributed by atoms with van der Waals surface area (Å²) in [4.78, 5) is 1.48. The highest BCUT2D eigenvalue weighted by Gasteiger charge is 2.38. The van der Waals surface area contributed by atoms with E-state index in [1.54, 1.807) is 7.05 Å². The average molecular weight is 247 g/mol. The van der Waals surface area contributed by atoms with E-state index >= 15 is 0 Å². The predicted molar refractivity (Wildman–Crippen MR) is 59.7 cm³/mol. The summed E-state index contributed by atoms with van der Waals surface area (Å²) < 4.78 is 36.3. The molecule has 0 spiro atoms. The first-order valence-electron chi connectivity index (χ1n) is 5.37. The van der Waals surface area contributed by atoms with Gasteiger partial charge in [-0.3, -0.25) is 0 Å². The number of aliphatic hydroxyl groups excluding tert-OH is 1. The highest BCUT2D eigenvalue weighted by Crippen LogP contribution is 2.20. The molecule has 0 bridgehead atoms. The van der Waals surface area contributed by atoms with Crippen molar-refractivity contribution in [2.45, 2.75) is 18.7 Å². The van der Waals surface area contributed by atoms with E-state index in [4.69, 9.17) is 5.11 Å². The average Bonchev–Trinajstić information content (AvgIpc) is 2.26. The maximum absolute atomic E-state index is 12.1. The van der Waals surface area contributed by atoms with Crippen molar-refractivity contribution in [3.8, 4) is 0 Å². The monoisotopic (exact) mass is 247 g/mol. The molecule has 0 aromatic heterocycles. The number of benzene rings is 1. The minimum absolute atomic E-state index is 0.393. The molecule has 1 N–H and O–H groups in total. The molecule has 1 aromatic rings. The van der Waals surface area contributed by atoms with Crippen LogP contribution >= 0.6 is 0 Å². The number of aliphatic hydroxyl groups is 1. The second kappa shape index (κ2) is 6.02. The van der Waals surface area contributed by atoms with Crippen LogP contribution in [0.2, 0.25) is 0 Å². The lowest BCUT2D eigenvalue weighted by molar-refractivity contribution is -0.207. The Balaban J connectivity index is 2.33. The van der Waals surface area contributed by atoms with Gasteiger partial charge in [0.1, 0.15) is 0 Å². The van der Waals surface area contributed by atoms with Gasteiger partial charge in [0, 0.05) is 13.1 Å². The summed E-state index contributed by atoms with van der Waals surface area (Å²) in [6.07, 6.45) is -6.15. The molecule has 0 saturated heterocycles. The summed E-state index contributed by atoms with van der Waals surface area (Å²) in [5, 5.41) is 8.89. The van der Waals surface area contributed by atoms with Crippen LogP contribution in [0.5, 0.6) is 0 Å². The van der Waals surface area contributed by atoms with Gasteiger partial charge in [-0.05, 0) is 19.0 Å². The fraction of sp³-hybridized carbons (Fsp3) is 0.500. The molecular formula is C12H16F3NO. The molecular weight excluding hydrogens is 231 g/mol. The number of rotatable bonds is 5. The van der Waals surface area contributed by atoms with Crippen LogP contribution in [0.25, 0.3) is 0 Å². The minimum Gasteiger partial charge on any atom is -0.382 e. The van der Waals surface area contributed by atoms with E-state index in [2.05, 4.69) is 0 Å². The van der Waals surface area contributed by atoms with Gasteiger partial charge in [0.05, 0.1) is 0 Å². The Morgan fingerprint density at radius 1 is 1.24 bits per heavy atom. The molecule has 0 saturated carbocycles. The van der Waals surface area contributed by atoms with Gasteiger partial charge < -0.3 is 10.0 Å². The van der Waals surface area contributed by atoms with Crippen LogP contribution in [-0.4, -0.2) is 42.4 Å². The van der Waals surface area contributed by atoms with E-state index in [0.717, 1.165) is 5.56 Å². The van der Waals surface area contributed by atoms with E-state index < -0.39 is 18.8 Å². The molecule has 0 fully saturated rings. The molecule has 1 unspecified atom stereocenters. The lowest BCUT2D eigenvalue weighted by Gasteiger charge is -2.22. The highest BCUT2D eigenvalue weighted by molar-refractivity contribution is 5.14. The van der Waals surface area contributed by atoms with Crippen LogP contribution < -0.4 is 0 Å². The van der Waals surface area contributed by atoms with Crippen molar-refractivity contribution in [1.82, 2.24) is 4.90 Å². The standard InChI is InChI=1S/C12H16F3NO/c1-16(9-11(17)12(13,14)15)8-7-10-5-3-2-4-6-10/h2-6,11,17H,7-9H2,1H3. The number of likely N-dealkylation sites (N-methyl/N-ethyl adjacent to an activating group) is 1. The van der Waals surface area contributed by atoms with Gasteiger partial charge in [0.25, 0.3) is 0 Å². The van der Waals surface area contributed by atoms with Crippen LogP contribution in [0.3, 0.4) is 0 Å². The summed E-state index contributed by atoms with van der Waals surface area (Å²) in [5.41, 5.74) is 1.07. The summed E-state index contributed by atoms with van der Waals surface area (Å²) in [6, 6.07) is 9.52. The molecule has 2 nitrogen and oxygen atoms in total. The number of nitrogens with zero attached hydrogens (tertiary/aromatic N) is 1. The number of halogens is 3. The second-order valence-corrected chi connectivity index (χ2v) is 4.06. The minimum atomic E-state index is -4.54. The fourth-order valence-corrected chi connectivity index (χ4v) is 1.45. The van der Waals surface area contributed by atoms with Gasteiger partial charge in [-0.1, -0.05) is 30.3 Å². The SMILES string of the molecule is CN(CCc1ccccc1)CC(O)C(F)(F)F. The number of alkyl halides is 3. The van der Waals surface area contributed by atoms with Crippen LogP contribution in [-0.2, 0) is 6.42 Å². The molecule has 0 amide bonds. The lowest BCUT2D eigenvalue weighted by Crippen LogP contribution is -2.40. The predicted octanol–water partition coefficient (Wildman–Crippen LogP) is 2.08. The quantitative estimate of drug-likeness (QED) is 0.861. The van der Waals surface area contributed by atoms with E-state index in [1.165, 1.54) is 4.90 Å². The van der Waals surface area contributed by atoms with Gasteiger partial charge in [-0.25, -0.2) is 0 Å². The normalized spacial score (nSPS) is 14.0. The van der Waals surface area contributed by atoms with Gasteiger partial charge in [0.15, 0.2) is 6.10 Å². The zero-order chi connectivity index (χ0) is 12.9. The molecule has 0 aliphatic carbocycles. The molecule has 1 aromatic carbocycles. The van der Waals surface area contributed by atoms with Crippen molar-refractivity contribution >= 4 is 0 Å². The van der Waals surface area contributed by atoms with E-state index in [0.29, 0.717) is 13.0 Å². The van der Waals surface area contributed by atoms with Gasteiger partial charge >= 0.3 is 6.18 Å². The van der Waals surface area contributed by atoms with E-state index in [9.17, 15) is 13.2 Å². The molecule has 1 rings (SSSR count). The molecule has 0 aliphatic heterocycles. The van der Waals surface area contributed by atoms with Crippen molar-refractivity contribution in [1.29, 1.82) is 0 Å². The second-order valence-electron chi connectivity index (χ2n) is 4.06. The Morgan fingerprint density at radius 3 is 2.35 bits per heavy atom. The van der Waals surface area contributed by atoms with Crippen molar-refractivity contribution in [3.05, 3.63) is 35.9 Å². The van der Waals surface area contributed by atoms with Crippen molar-refractivity contribution < 1.29 is 18.3 Å².